The highest BCUT2D eigenvalue weighted by molar-refractivity contribution is 7.99. The van der Waals surface area contributed by atoms with E-state index < -0.39 is 0 Å². The van der Waals surface area contributed by atoms with Gasteiger partial charge in [-0.15, -0.1) is 10.2 Å². The monoisotopic (exact) mass is 375 g/mol. The number of rotatable bonds is 6. The number of hydrogen-bond donors (Lipinski definition) is 1. The molecule has 2 heterocycles. The van der Waals surface area contributed by atoms with Crippen molar-refractivity contribution in [3.05, 3.63) is 35.2 Å². The fourth-order valence-corrected chi connectivity index (χ4v) is 3.44. The zero-order valence-electron chi connectivity index (χ0n) is 15.5. The minimum Gasteiger partial charge on any atom is -0.379 e. The minimum absolute atomic E-state index is 0.0454. The van der Waals surface area contributed by atoms with E-state index in [1.54, 1.807) is 0 Å². The third-order valence-corrected chi connectivity index (χ3v) is 5.54. The second-order valence-electron chi connectivity index (χ2n) is 6.48. The van der Waals surface area contributed by atoms with Crippen LogP contribution in [0.25, 0.3) is 0 Å². The number of amides is 1. The van der Waals surface area contributed by atoms with Crippen molar-refractivity contribution in [3.8, 4) is 0 Å². The Morgan fingerprint density at radius 2 is 2.00 bits per heavy atom. The summed E-state index contributed by atoms with van der Waals surface area (Å²) in [5, 5.41) is 12.2. The third kappa shape index (κ3) is 4.84. The molecule has 0 aliphatic carbocycles. The summed E-state index contributed by atoms with van der Waals surface area (Å²) >= 11 is 1.40. The number of aromatic nitrogens is 3. The molecule has 26 heavy (non-hydrogen) atoms. The standard InChI is InChI=1S/C18H25N5O2S/c1-13-4-5-15(10-14(13)2)19-17(24)12-26-18-21-20-16(22(18)3)11-23-6-8-25-9-7-23/h4-5,10H,6-9,11-12H2,1-3H3,(H,19,24). The normalized spacial score (nSPS) is 15.2. The summed E-state index contributed by atoms with van der Waals surface area (Å²) < 4.78 is 7.33. The molecule has 1 saturated heterocycles. The lowest BCUT2D eigenvalue weighted by molar-refractivity contribution is -0.113. The van der Waals surface area contributed by atoms with Crippen molar-refractivity contribution in [2.24, 2.45) is 7.05 Å². The van der Waals surface area contributed by atoms with Gasteiger partial charge in [-0.05, 0) is 37.1 Å². The Bertz CT molecular complexity index is 771. The van der Waals surface area contributed by atoms with Crippen molar-refractivity contribution in [1.29, 1.82) is 0 Å². The molecule has 0 radical (unpaired) electrons. The fourth-order valence-electron chi connectivity index (χ4n) is 2.71. The van der Waals surface area contributed by atoms with E-state index in [9.17, 15) is 4.79 Å². The number of carbonyl (C=O) groups excluding carboxylic acids is 1. The van der Waals surface area contributed by atoms with Gasteiger partial charge >= 0.3 is 0 Å². The molecule has 0 spiro atoms. The quantitative estimate of drug-likeness (QED) is 0.779. The van der Waals surface area contributed by atoms with Gasteiger partial charge in [-0.1, -0.05) is 17.8 Å². The fraction of sp³-hybridized carbons (Fsp3) is 0.500. The van der Waals surface area contributed by atoms with Crippen molar-refractivity contribution >= 4 is 23.4 Å². The third-order valence-electron chi connectivity index (χ3n) is 4.52. The van der Waals surface area contributed by atoms with E-state index in [0.29, 0.717) is 5.75 Å². The number of aryl methyl sites for hydroxylation is 2. The van der Waals surface area contributed by atoms with E-state index in [1.165, 1.54) is 17.3 Å². The summed E-state index contributed by atoms with van der Waals surface area (Å²) in [6.07, 6.45) is 0. The van der Waals surface area contributed by atoms with Gasteiger partial charge in [0.25, 0.3) is 0 Å². The predicted octanol–water partition coefficient (Wildman–Crippen LogP) is 1.99. The van der Waals surface area contributed by atoms with Gasteiger partial charge in [0.05, 0.1) is 25.5 Å². The maximum Gasteiger partial charge on any atom is 0.234 e. The molecule has 0 saturated carbocycles. The Hall–Kier alpha value is -1.90. The van der Waals surface area contributed by atoms with Crippen LogP contribution in [0.2, 0.25) is 0 Å². The largest absolute Gasteiger partial charge is 0.379 e. The predicted molar refractivity (Wildman–Crippen MR) is 102 cm³/mol. The van der Waals surface area contributed by atoms with Crippen molar-refractivity contribution < 1.29 is 9.53 Å². The summed E-state index contributed by atoms with van der Waals surface area (Å²) in [6.45, 7) is 8.19. The molecule has 8 heteroatoms. The Balaban J connectivity index is 1.52. The molecular formula is C18H25N5O2S. The number of morpholine rings is 1. The number of thioether (sulfide) groups is 1. The highest BCUT2D eigenvalue weighted by Crippen LogP contribution is 2.18. The smallest absolute Gasteiger partial charge is 0.234 e. The molecule has 1 N–H and O–H groups in total. The SMILES string of the molecule is Cc1ccc(NC(=O)CSc2nnc(CN3CCOCC3)n2C)cc1C. The van der Waals surface area contributed by atoms with E-state index in [0.717, 1.165) is 55.1 Å². The van der Waals surface area contributed by atoms with Crippen LogP contribution in [-0.2, 0) is 23.1 Å². The first-order chi connectivity index (χ1) is 12.5. The van der Waals surface area contributed by atoms with Crippen LogP contribution in [0.3, 0.4) is 0 Å². The Labute approximate surface area is 158 Å². The van der Waals surface area contributed by atoms with E-state index in [2.05, 4.69) is 27.3 Å². The number of anilines is 1. The van der Waals surface area contributed by atoms with Crippen LogP contribution in [-0.4, -0.2) is 57.6 Å². The van der Waals surface area contributed by atoms with Crippen LogP contribution in [0.4, 0.5) is 5.69 Å². The molecule has 140 valence electrons. The molecule has 1 fully saturated rings. The lowest BCUT2D eigenvalue weighted by Gasteiger charge is -2.25. The summed E-state index contributed by atoms with van der Waals surface area (Å²) in [6, 6.07) is 5.92. The molecule has 1 aromatic carbocycles. The molecule has 1 aliphatic rings. The first kappa shape index (κ1) is 18.9. The number of nitrogens with zero attached hydrogens (tertiary/aromatic N) is 4. The van der Waals surface area contributed by atoms with Crippen molar-refractivity contribution in [2.45, 2.75) is 25.5 Å². The van der Waals surface area contributed by atoms with E-state index >= 15 is 0 Å². The van der Waals surface area contributed by atoms with Gasteiger partial charge in [-0.2, -0.15) is 0 Å². The summed E-state index contributed by atoms with van der Waals surface area (Å²) in [4.78, 5) is 14.5. The average Bonchev–Trinajstić information content (AvgIpc) is 2.97. The number of nitrogens with one attached hydrogen (secondary N) is 1. The van der Waals surface area contributed by atoms with Crippen LogP contribution < -0.4 is 5.32 Å². The molecule has 0 bridgehead atoms. The molecule has 1 aromatic heterocycles. The highest BCUT2D eigenvalue weighted by Gasteiger charge is 2.16. The van der Waals surface area contributed by atoms with Gasteiger partial charge < -0.3 is 14.6 Å². The lowest BCUT2D eigenvalue weighted by atomic mass is 10.1. The van der Waals surface area contributed by atoms with Gasteiger partial charge in [0.1, 0.15) is 5.82 Å². The minimum atomic E-state index is -0.0454. The van der Waals surface area contributed by atoms with Gasteiger partial charge in [-0.3, -0.25) is 9.69 Å². The second kappa shape index (κ2) is 8.66. The van der Waals surface area contributed by atoms with Gasteiger partial charge in [0.15, 0.2) is 5.16 Å². The summed E-state index contributed by atoms with van der Waals surface area (Å²) in [7, 11) is 1.94. The lowest BCUT2D eigenvalue weighted by Crippen LogP contribution is -2.36. The van der Waals surface area contributed by atoms with Crippen LogP contribution in [0.5, 0.6) is 0 Å². The number of hydrogen-bond acceptors (Lipinski definition) is 6. The van der Waals surface area contributed by atoms with Crippen molar-refractivity contribution in [1.82, 2.24) is 19.7 Å². The van der Waals surface area contributed by atoms with Crippen LogP contribution in [0, 0.1) is 13.8 Å². The first-order valence-corrected chi connectivity index (χ1v) is 9.70. The van der Waals surface area contributed by atoms with E-state index in [-0.39, 0.29) is 5.91 Å². The summed E-state index contributed by atoms with van der Waals surface area (Å²) in [5.74, 6) is 1.16. The molecule has 1 aliphatic heterocycles. The molecule has 0 unspecified atom stereocenters. The Morgan fingerprint density at radius 1 is 1.23 bits per heavy atom. The topological polar surface area (TPSA) is 72.3 Å². The van der Waals surface area contributed by atoms with Crippen molar-refractivity contribution in [2.75, 3.05) is 37.4 Å². The zero-order valence-corrected chi connectivity index (χ0v) is 16.3. The molecule has 2 aromatic rings. The maximum atomic E-state index is 12.2. The van der Waals surface area contributed by atoms with Crippen LogP contribution >= 0.6 is 11.8 Å². The van der Waals surface area contributed by atoms with Gasteiger partial charge in [0.2, 0.25) is 5.91 Å². The first-order valence-electron chi connectivity index (χ1n) is 8.71. The van der Waals surface area contributed by atoms with Gasteiger partial charge in [0, 0.05) is 25.8 Å². The van der Waals surface area contributed by atoms with Crippen molar-refractivity contribution in [3.63, 3.8) is 0 Å². The second-order valence-corrected chi connectivity index (χ2v) is 7.42. The van der Waals surface area contributed by atoms with Gasteiger partial charge in [-0.25, -0.2) is 0 Å². The van der Waals surface area contributed by atoms with E-state index in [4.69, 9.17) is 4.74 Å². The summed E-state index contributed by atoms with van der Waals surface area (Å²) in [5.41, 5.74) is 3.20. The van der Waals surface area contributed by atoms with E-state index in [1.807, 2.05) is 36.7 Å². The maximum absolute atomic E-state index is 12.2. The molecule has 7 nitrogen and oxygen atoms in total. The van der Waals surface area contributed by atoms with Crippen LogP contribution in [0.15, 0.2) is 23.4 Å². The zero-order chi connectivity index (χ0) is 18.5. The molecular weight excluding hydrogens is 350 g/mol. The number of ether oxygens (including phenoxy) is 1. The molecule has 1 amide bonds. The Morgan fingerprint density at radius 3 is 2.73 bits per heavy atom. The highest BCUT2D eigenvalue weighted by atomic mass is 32.2. The molecule has 3 rings (SSSR count). The average molecular weight is 375 g/mol. The Kier molecular flexibility index (Phi) is 6.29. The number of benzene rings is 1. The number of carbonyl (C=O) groups is 1. The molecule has 0 atom stereocenters. The van der Waals surface area contributed by atoms with Crippen LogP contribution in [0.1, 0.15) is 17.0 Å².